The molecule has 1 aliphatic rings. The molecule has 132 valence electrons. The molecule has 4 heteroatoms. The molecule has 1 aromatic heterocycles. The maximum atomic E-state index is 13.4. The first-order valence-electron chi connectivity index (χ1n) is 8.88. The summed E-state index contributed by atoms with van der Waals surface area (Å²) < 4.78 is 13.4. The predicted octanol–water partition coefficient (Wildman–Crippen LogP) is 5.06. The molecule has 0 fully saturated rings. The number of benzene rings is 2. The van der Waals surface area contributed by atoms with E-state index < -0.39 is 0 Å². The molecule has 26 heavy (non-hydrogen) atoms. The van der Waals surface area contributed by atoms with Crippen molar-refractivity contribution in [3.8, 4) is 0 Å². The Morgan fingerprint density at radius 3 is 2.46 bits per heavy atom. The highest BCUT2D eigenvalue weighted by Crippen LogP contribution is 2.33. The standard InChI is InChI=1S/C22H22FN3/c1-22(2,3)19-14-26(17-11-9-16(23)10-12-17)21(25-19)18-8-4-6-15-7-5-13-24-20(15)18/h4-13,19H,14H2,1-3H3/t19-/m1/s1. The zero-order chi connectivity index (χ0) is 18.3. The van der Waals surface area contributed by atoms with Crippen molar-refractivity contribution < 1.29 is 4.39 Å². The molecule has 0 saturated carbocycles. The third kappa shape index (κ3) is 2.96. The summed E-state index contributed by atoms with van der Waals surface area (Å²) in [5, 5.41) is 1.09. The van der Waals surface area contributed by atoms with E-state index in [0.717, 1.165) is 34.5 Å². The van der Waals surface area contributed by atoms with Crippen molar-refractivity contribution in [1.29, 1.82) is 0 Å². The molecule has 0 unspecified atom stereocenters. The van der Waals surface area contributed by atoms with Gasteiger partial charge in [0.15, 0.2) is 0 Å². The van der Waals surface area contributed by atoms with Gasteiger partial charge in [0, 0.05) is 29.4 Å². The van der Waals surface area contributed by atoms with Crippen LogP contribution in [0, 0.1) is 11.2 Å². The Morgan fingerprint density at radius 1 is 1.00 bits per heavy atom. The molecule has 0 saturated heterocycles. The van der Waals surface area contributed by atoms with Crippen LogP contribution >= 0.6 is 0 Å². The molecule has 3 aromatic rings. The van der Waals surface area contributed by atoms with E-state index in [1.807, 2.05) is 30.5 Å². The fourth-order valence-corrected chi connectivity index (χ4v) is 3.33. The number of pyridine rings is 1. The molecule has 4 rings (SSSR count). The Balaban J connectivity index is 1.87. The molecule has 3 nitrogen and oxygen atoms in total. The van der Waals surface area contributed by atoms with E-state index in [1.54, 1.807) is 0 Å². The Hall–Kier alpha value is -2.75. The van der Waals surface area contributed by atoms with Crippen molar-refractivity contribution in [2.24, 2.45) is 10.4 Å². The van der Waals surface area contributed by atoms with Gasteiger partial charge in [-0.25, -0.2) is 4.39 Å². The number of nitrogens with zero attached hydrogens (tertiary/aromatic N) is 3. The monoisotopic (exact) mass is 347 g/mol. The number of aromatic nitrogens is 1. The number of amidine groups is 1. The lowest BCUT2D eigenvalue weighted by Crippen LogP contribution is -2.34. The van der Waals surface area contributed by atoms with Crippen LogP contribution in [0.25, 0.3) is 10.9 Å². The van der Waals surface area contributed by atoms with Crippen LogP contribution in [0.2, 0.25) is 0 Å². The van der Waals surface area contributed by atoms with E-state index in [-0.39, 0.29) is 17.3 Å². The molecule has 0 radical (unpaired) electrons. The van der Waals surface area contributed by atoms with E-state index in [0.29, 0.717) is 0 Å². The van der Waals surface area contributed by atoms with Crippen LogP contribution in [0.5, 0.6) is 0 Å². The summed E-state index contributed by atoms with van der Waals surface area (Å²) in [6.07, 6.45) is 1.81. The highest BCUT2D eigenvalue weighted by molar-refractivity contribution is 6.17. The average Bonchev–Trinajstić information content (AvgIpc) is 3.07. The molecule has 0 bridgehead atoms. The maximum absolute atomic E-state index is 13.4. The van der Waals surface area contributed by atoms with Crippen molar-refractivity contribution in [3.05, 3.63) is 72.2 Å². The largest absolute Gasteiger partial charge is 0.324 e. The van der Waals surface area contributed by atoms with Gasteiger partial charge >= 0.3 is 0 Å². The van der Waals surface area contributed by atoms with E-state index in [1.165, 1.54) is 12.1 Å². The molecule has 0 amide bonds. The van der Waals surface area contributed by atoms with Gasteiger partial charge in [-0.2, -0.15) is 0 Å². The summed E-state index contributed by atoms with van der Waals surface area (Å²) in [6, 6.07) is 16.9. The summed E-state index contributed by atoms with van der Waals surface area (Å²) in [5.74, 6) is 0.673. The van der Waals surface area contributed by atoms with E-state index >= 15 is 0 Å². The summed E-state index contributed by atoms with van der Waals surface area (Å²) in [4.78, 5) is 11.8. The van der Waals surface area contributed by atoms with Gasteiger partial charge in [0.25, 0.3) is 0 Å². The lowest BCUT2D eigenvalue weighted by Gasteiger charge is -2.26. The number of aliphatic imine (C=N–C) groups is 1. The molecule has 0 spiro atoms. The Kier molecular flexibility index (Phi) is 3.98. The fourth-order valence-electron chi connectivity index (χ4n) is 3.33. The number of hydrogen-bond donors (Lipinski definition) is 0. The number of halogens is 1. The molecule has 1 atom stereocenters. The second kappa shape index (κ2) is 6.20. The van der Waals surface area contributed by atoms with Gasteiger partial charge in [-0.05, 0) is 41.8 Å². The molecule has 2 heterocycles. The lowest BCUT2D eigenvalue weighted by atomic mass is 9.87. The first kappa shape index (κ1) is 16.7. The normalized spacial score (nSPS) is 17.6. The second-order valence-corrected chi connectivity index (χ2v) is 7.80. The van der Waals surface area contributed by atoms with Crippen LogP contribution in [0.1, 0.15) is 26.3 Å². The van der Waals surface area contributed by atoms with Crippen molar-refractivity contribution in [3.63, 3.8) is 0 Å². The fraction of sp³-hybridized carbons (Fsp3) is 0.273. The maximum Gasteiger partial charge on any atom is 0.138 e. The van der Waals surface area contributed by atoms with Gasteiger partial charge in [0.2, 0.25) is 0 Å². The molecular formula is C22H22FN3. The van der Waals surface area contributed by atoms with E-state index in [2.05, 4.69) is 48.9 Å². The predicted molar refractivity (Wildman–Crippen MR) is 105 cm³/mol. The van der Waals surface area contributed by atoms with Crippen molar-refractivity contribution >= 4 is 22.4 Å². The van der Waals surface area contributed by atoms with Crippen LogP contribution in [0.4, 0.5) is 10.1 Å². The highest BCUT2D eigenvalue weighted by Gasteiger charge is 2.35. The molecule has 0 aliphatic carbocycles. The summed E-state index contributed by atoms with van der Waals surface area (Å²) in [5.41, 5.74) is 2.94. The zero-order valence-corrected chi connectivity index (χ0v) is 15.3. The molecule has 0 N–H and O–H groups in total. The first-order valence-corrected chi connectivity index (χ1v) is 8.88. The van der Waals surface area contributed by atoms with Crippen LogP contribution in [0.3, 0.4) is 0 Å². The topological polar surface area (TPSA) is 28.5 Å². The summed E-state index contributed by atoms with van der Waals surface area (Å²) >= 11 is 0. The van der Waals surface area contributed by atoms with Crippen LogP contribution in [0.15, 0.2) is 65.8 Å². The molecule has 1 aliphatic heterocycles. The van der Waals surface area contributed by atoms with Crippen LogP contribution in [-0.2, 0) is 0 Å². The summed E-state index contributed by atoms with van der Waals surface area (Å²) in [7, 11) is 0. The van der Waals surface area contributed by atoms with Crippen molar-refractivity contribution in [2.75, 3.05) is 11.4 Å². The van der Waals surface area contributed by atoms with E-state index in [9.17, 15) is 4.39 Å². The number of fused-ring (bicyclic) bond motifs is 1. The molecular weight excluding hydrogens is 325 g/mol. The quantitative estimate of drug-likeness (QED) is 0.648. The minimum Gasteiger partial charge on any atom is -0.324 e. The van der Waals surface area contributed by atoms with Gasteiger partial charge < -0.3 is 4.90 Å². The van der Waals surface area contributed by atoms with Crippen LogP contribution in [-0.4, -0.2) is 23.4 Å². The Bertz CT molecular complexity index is 965. The van der Waals surface area contributed by atoms with Gasteiger partial charge in [-0.3, -0.25) is 9.98 Å². The number of rotatable bonds is 2. The van der Waals surface area contributed by atoms with Crippen molar-refractivity contribution in [1.82, 2.24) is 4.98 Å². The first-order chi connectivity index (χ1) is 12.4. The minimum absolute atomic E-state index is 0.0397. The van der Waals surface area contributed by atoms with Gasteiger partial charge in [-0.1, -0.05) is 39.0 Å². The third-order valence-electron chi connectivity index (χ3n) is 4.90. The number of hydrogen-bond acceptors (Lipinski definition) is 3. The van der Waals surface area contributed by atoms with Gasteiger partial charge in [-0.15, -0.1) is 0 Å². The highest BCUT2D eigenvalue weighted by atomic mass is 19.1. The third-order valence-corrected chi connectivity index (χ3v) is 4.90. The van der Waals surface area contributed by atoms with Gasteiger partial charge in [0.05, 0.1) is 11.6 Å². The second-order valence-electron chi connectivity index (χ2n) is 7.80. The van der Waals surface area contributed by atoms with E-state index in [4.69, 9.17) is 4.99 Å². The minimum atomic E-state index is -0.231. The van der Waals surface area contributed by atoms with Crippen LogP contribution < -0.4 is 4.90 Å². The lowest BCUT2D eigenvalue weighted by molar-refractivity contribution is 0.337. The average molecular weight is 347 g/mol. The SMILES string of the molecule is CC(C)(C)[C@H]1CN(c2ccc(F)cc2)C(c2cccc3cccnc23)=N1. The zero-order valence-electron chi connectivity index (χ0n) is 15.3. The Labute approximate surface area is 153 Å². The number of anilines is 1. The molecule has 2 aromatic carbocycles. The summed E-state index contributed by atoms with van der Waals surface area (Å²) in [6.45, 7) is 7.38. The number of para-hydroxylation sites is 1. The Morgan fingerprint density at radius 2 is 1.73 bits per heavy atom. The smallest absolute Gasteiger partial charge is 0.138 e. The van der Waals surface area contributed by atoms with Crippen molar-refractivity contribution in [2.45, 2.75) is 26.8 Å². The van der Waals surface area contributed by atoms with Gasteiger partial charge in [0.1, 0.15) is 11.7 Å².